The van der Waals surface area contributed by atoms with Gasteiger partial charge in [0.25, 0.3) is 0 Å². The maximum absolute atomic E-state index is 13.4. The summed E-state index contributed by atoms with van der Waals surface area (Å²) in [5.41, 5.74) is 1.26. The van der Waals surface area contributed by atoms with Crippen molar-refractivity contribution in [1.82, 2.24) is 0 Å². The van der Waals surface area contributed by atoms with Crippen molar-refractivity contribution in [3.63, 3.8) is 0 Å². The number of anilines is 2. The minimum absolute atomic E-state index is 0.0447. The Bertz CT molecular complexity index is 476. The third-order valence-electron chi connectivity index (χ3n) is 2.98. The fourth-order valence-electron chi connectivity index (χ4n) is 2.12. The van der Waals surface area contributed by atoms with Crippen molar-refractivity contribution in [3.8, 4) is 0 Å². The lowest BCUT2D eigenvalue weighted by molar-refractivity contribution is -0.119. The molecule has 1 aromatic carbocycles. The molecule has 2 N–H and O–H groups in total. The van der Waals surface area contributed by atoms with Crippen LogP contribution in [-0.2, 0) is 4.79 Å². The molecule has 98 valence electrons. The van der Waals surface area contributed by atoms with E-state index < -0.39 is 0 Å². The second-order valence-electron chi connectivity index (χ2n) is 5.01. The predicted molar refractivity (Wildman–Crippen MR) is 74.2 cm³/mol. The van der Waals surface area contributed by atoms with Gasteiger partial charge in [0.05, 0.1) is 21.8 Å². The number of benzene rings is 1. The van der Waals surface area contributed by atoms with Gasteiger partial charge in [0.1, 0.15) is 5.82 Å². The number of fused-ring (bicyclic) bond motifs is 1. The lowest BCUT2D eigenvalue weighted by atomic mass is 9.96. The number of hydrogen-bond donors (Lipinski definition) is 2. The number of halogens is 2. The second-order valence-corrected chi connectivity index (χ2v) is 5.86. The van der Waals surface area contributed by atoms with E-state index >= 15 is 0 Å². The van der Waals surface area contributed by atoms with Gasteiger partial charge in [0.2, 0.25) is 5.91 Å². The molecule has 0 bridgehead atoms. The average molecular weight is 315 g/mol. The summed E-state index contributed by atoms with van der Waals surface area (Å²) < 4.78 is 13.8. The van der Waals surface area contributed by atoms with Crippen LogP contribution in [-0.4, -0.2) is 12.5 Å². The molecule has 18 heavy (non-hydrogen) atoms. The average Bonchev–Trinajstić information content (AvgIpc) is 2.41. The lowest BCUT2D eigenvalue weighted by Gasteiger charge is -2.15. The zero-order valence-electron chi connectivity index (χ0n) is 10.4. The van der Waals surface area contributed by atoms with E-state index in [1.54, 1.807) is 6.07 Å². The van der Waals surface area contributed by atoms with Crippen molar-refractivity contribution in [3.05, 3.63) is 22.4 Å². The Balaban J connectivity index is 2.24. The molecule has 0 aliphatic carbocycles. The third-order valence-corrected chi connectivity index (χ3v) is 3.59. The first kappa shape index (κ1) is 13.3. The maximum atomic E-state index is 13.4. The van der Waals surface area contributed by atoms with Crippen LogP contribution in [0, 0.1) is 17.7 Å². The van der Waals surface area contributed by atoms with Gasteiger partial charge in [-0.15, -0.1) is 0 Å². The highest BCUT2D eigenvalue weighted by atomic mass is 79.9. The van der Waals surface area contributed by atoms with Crippen molar-refractivity contribution in [1.29, 1.82) is 0 Å². The summed E-state index contributed by atoms with van der Waals surface area (Å²) in [4.78, 5) is 12.0. The van der Waals surface area contributed by atoms with E-state index in [0.29, 0.717) is 22.6 Å². The Morgan fingerprint density at radius 3 is 2.83 bits per heavy atom. The molecule has 0 saturated heterocycles. The van der Waals surface area contributed by atoms with Crippen molar-refractivity contribution in [2.75, 3.05) is 17.2 Å². The quantitative estimate of drug-likeness (QED) is 0.875. The zero-order valence-corrected chi connectivity index (χ0v) is 12.0. The molecule has 1 unspecified atom stereocenters. The number of rotatable bonds is 2. The van der Waals surface area contributed by atoms with Crippen molar-refractivity contribution >= 4 is 33.2 Å². The van der Waals surface area contributed by atoms with E-state index in [-0.39, 0.29) is 17.6 Å². The Kier molecular flexibility index (Phi) is 3.90. The van der Waals surface area contributed by atoms with E-state index in [9.17, 15) is 9.18 Å². The monoisotopic (exact) mass is 314 g/mol. The molecule has 1 atom stereocenters. The van der Waals surface area contributed by atoms with Crippen LogP contribution in [0.3, 0.4) is 0 Å². The van der Waals surface area contributed by atoms with Gasteiger partial charge in [-0.1, -0.05) is 13.8 Å². The van der Waals surface area contributed by atoms with Crippen LogP contribution in [0.25, 0.3) is 0 Å². The number of nitrogens with one attached hydrogen (secondary N) is 2. The van der Waals surface area contributed by atoms with Gasteiger partial charge in [-0.2, -0.15) is 0 Å². The van der Waals surface area contributed by atoms with Gasteiger partial charge in [0, 0.05) is 12.6 Å². The molecule has 1 aromatic rings. The largest absolute Gasteiger partial charge is 0.383 e. The number of carbonyl (C=O) groups excluding carboxylic acids is 1. The van der Waals surface area contributed by atoms with Crippen molar-refractivity contribution in [2.45, 2.75) is 20.3 Å². The molecule has 1 heterocycles. The first-order valence-electron chi connectivity index (χ1n) is 6.01. The highest BCUT2D eigenvalue weighted by Gasteiger charge is 2.24. The first-order valence-corrected chi connectivity index (χ1v) is 6.80. The van der Waals surface area contributed by atoms with E-state index in [4.69, 9.17) is 0 Å². The minimum Gasteiger partial charge on any atom is -0.383 e. The zero-order chi connectivity index (χ0) is 13.3. The fourth-order valence-corrected chi connectivity index (χ4v) is 2.46. The van der Waals surface area contributed by atoms with Gasteiger partial charge in [-0.3, -0.25) is 4.79 Å². The highest BCUT2D eigenvalue weighted by Crippen LogP contribution is 2.32. The third kappa shape index (κ3) is 2.83. The normalized spacial score (nSPS) is 18.9. The van der Waals surface area contributed by atoms with Crippen molar-refractivity contribution < 1.29 is 9.18 Å². The summed E-state index contributed by atoms with van der Waals surface area (Å²) in [5.74, 6) is -0.0543. The van der Waals surface area contributed by atoms with Gasteiger partial charge in [-0.25, -0.2) is 4.39 Å². The topological polar surface area (TPSA) is 41.1 Å². The summed E-state index contributed by atoms with van der Waals surface area (Å²) in [6.45, 7) is 4.75. The number of hydrogen-bond acceptors (Lipinski definition) is 2. The molecule has 3 nitrogen and oxygen atoms in total. The van der Waals surface area contributed by atoms with Gasteiger partial charge >= 0.3 is 0 Å². The second kappa shape index (κ2) is 5.26. The van der Waals surface area contributed by atoms with Gasteiger partial charge in [-0.05, 0) is 34.3 Å². The van der Waals surface area contributed by atoms with Crippen LogP contribution >= 0.6 is 15.9 Å². The molecule has 1 amide bonds. The fraction of sp³-hybridized carbons (Fsp3) is 0.462. The molecule has 1 aliphatic heterocycles. The summed E-state index contributed by atoms with van der Waals surface area (Å²) in [7, 11) is 0. The Labute approximate surface area is 114 Å². The van der Waals surface area contributed by atoms with Gasteiger partial charge in [0.15, 0.2) is 0 Å². The molecular weight excluding hydrogens is 299 g/mol. The molecule has 0 saturated carbocycles. The first-order chi connectivity index (χ1) is 8.47. The molecule has 0 fully saturated rings. The van der Waals surface area contributed by atoms with Crippen molar-refractivity contribution in [2.24, 2.45) is 11.8 Å². The number of amides is 1. The van der Waals surface area contributed by atoms with Gasteiger partial charge < -0.3 is 10.6 Å². The molecule has 5 heteroatoms. The summed E-state index contributed by atoms with van der Waals surface area (Å²) in [6.07, 6.45) is 0.816. The molecule has 1 aliphatic rings. The lowest BCUT2D eigenvalue weighted by Crippen LogP contribution is -2.27. The smallest absolute Gasteiger partial charge is 0.229 e. The van der Waals surface area contributed by atoms with Crippen LogP contribution in [0.15, 0.2) is 16.6 Å². The molecule has 0 aromatic heterocycles. The molecule has 2 rings (SSSR count). The Morgan fingerprint density at radius 1 is 1.44 bits per heavy atom. The Hall–Kier alpha value is -1.10. The van der Waals surface area contributed by atoms with Crippen LogP contribution in [0.4, 0.5) is 15.8 Å². The summed E-state index contributed by atoms with van der Waals surface area (Å²) >= 11 is 3.14. The Morgan fingerprint density at radius 2 is 2.17 bits per heavy atom. The highest BCUT2D eigenvalue weighted by molar-refractivity contribution is 9.10. The van der Waals surface area contributed by atoms with E-state index in [1.807, 2.05) is 0 Å². The summed E-state index contributed by atoms with van der Waals surface area (Å²) in [6, 6.07) is 2.99. The van der Waals surface area contributed by atoms with E-state index in [0.717, 1.165) is 12.1 Å². The van der Waals surface area contributed by atoms with Crippen LogP contribution in [0.1, 0.15) is 20.3 Å². The van der Waals surface area contributed by atoms with E-state index in [2.05, 4.69) is 40.4 Å². The molecule has 0 spiro atoms. The SMILES string of the molecule is CC(C)CC1CNc2cc(Br)c(F)cc2NC1=O. The predicted octanol–water partition coefficient (Wildman–Crippen LogP) is 3.61. The minimum atomic E-state index is -0.377. The van der Waals surface area contributed by atoms with Crippen LogP contribution in [0.5, 0.6) is 0 Å². The molecular formula is C13H16BrFN2O. The van der Waals surface area contributed by atoms with E-state index in [1.165, 1.54) is 6.07 Å². The number of carbonyl (C=O) groups is 1. The molecule has 0 radical (unpaired) electrons. The van der Waals surface area contributed by atoms with Crippen LogP contribution < -0.4 is 10.6 Å². The standard InChI is InChI=1S/C13H16BrFN2O/c1-7(2)3-8-6-16-11-4-9(14)10(15)5-12(11)17-13(8)18/h4-5,7-8,16H,3,6H2,1-2H3,(H,17,18). The maximum Gasteiger partial charge on any atom is 0.229 e. The van der Waals surface area contributed by atoms with Crippen LogP contribution in [0.2, 0.25) is 0 Å². The summed E-state index contributed by atoms with van der Waals surface area (Å²) in [5, 5.41) is 5.98.